The van der Waals surface area contributed by atoms with E-state index in [0.29, 0.717) is 22.9 Å². The van der Waals surface area contributed by atoms with Gasteiger partial charge in [0, 0.05) is 35.6 Å². The van der Waals surface area contributed by atoms with Gasteiger partial charge in [-0.3, -0.25) is 9.48 Å². The number of amides is 1. The number of nitrogens with one attached hydrogen (secondary N) is 1. The summed E-state index contributed by atoms with van der Waals surface area (Å²) in [6.45, 7) is 0.941. The number of rotatable bonds is 8. The van der Waals surface area contributed by atoms with Crippen molar-refractivity contribution in [1.29, 1.82) is 0 Å². The van der Waals surface area contributed by atoms with Crippen molar-refractivity contribution in [2.75, 3.05) is 18.5 Å². The lowest BCUT2D eigenvalue weighted by molar-refractivity contribution is 0.102. The molecule has 0 unspecified atom stereocenters. The summed E-state index contributed by atoms with van der Waals surface area (Å²) in [5.74, 6) is 0.312. The number of aromatic nitrogens is 2. The zero-order valence-electron chi connectivity index (χ0n) is 15.8. The SMILES string of the molecule is O=C(Nc1cccc(OCCO)c1)c1cc(F)cc(-c2cnn(CC3CC3)c2)c1. The molecular formula is C22H22FN3O3. The van der Waals surface area contributed by atoms with E-state index >= 15 is 0 Å². The van der Waals surface area contributed by atoms with Gasteiger partial charge in [0.2, 0.25) is 0 Å². The number of carbonyl (C=O) groups excluding carboxylic acids is 1. The Bertz CT molecular complexity index is 1010. The first kappa shape index (κ1) is 19.1. The molecule has 2 N–H and O–H groups in total. The smallest absolute Gasteiger partial charge is 0.255 e. The molecule has 0 spiro atoms. The Morgan fingerprint density at radius 1 is 1.24 bits per heavy atom. The molecule has 29 heavy (non-hydrogen) atoms. The second-order valence-electron chi connectivity index (χ2n) is 7.18. The highest BCUT2D eigenvalue weighted by Gasteiger charge is 2.22. The van der Waals surface area contributed by atoms with Gasteiger partial charge < -0.3 is 15.2 Å². The van der Waals surface area contributed by atoms with E-state index in [4.69, 9.17) is 9.84 Å². The summed E-state index contributed by atoms with van der Waals surface area (Å²) in [4.78, 5) is 12.7. The number of anilines is 1. The van der Waals surface area contributed by atoms with Gasteiger partial charge in [0.15, 0.2) is 0 Å². The molecule has 0 saturated heterocycles. The van der Waals surface area contributed by atoms with E-state index in [1.807, 2.05) is 10.9 Å². The van der Waals surface area contributed by atoms with Gasteiger partial charge in [-0.2, -0.15) is 5.10 Å². The fourth-order valence-corrected chi connectivity index (χ4v) is 3.10. The first-order chi connectivity index (χ1) is 14.1. The van der Waals surface area contributed by atoms with Crippen LogP contribution in [0.25, 0.3) is 11.1 Å². The number of nitrogens with zero attached hydrogens (tertiary/aromatic N) is 2. The van der Waals surface area contributed by atoms with Crippen molar-refractivity contribution in [1.82, 2.24) is 9.78 Å². The van der Waals surface area contributed by atoms with Gasteiger partial charge in [-0.05, 0) is 54.7 Å². The monoisotopic (exact) mass is 395 g/mol. The Hall–Kier alpha value is -3.19. The first-order valence-electron chi connectivity index (χ1n) is 9.59. The van der Waals surface area contributed by atoms with Crippen LogP contribution in [0.2, 0.25) is 0 Å². The minimum absolute atomic E-state index is 0.0973. The molecule has 2 aromatic carbocycles. The summed E-state index contributed by atoms with van der Waals surface area (Å²) in [5, 5.41) is 15.9. The van der Waals surface area contributed by atoms with Crippen LogP contribution >= 0.6 is 0 Å². The standard InChI is InChI=1S/C22H22FN3O3/c23-19-9-16(18-12-24-26(14-18)13-15-4-5-15)8-17(10-19)22(28)25-20-2-1-3-21(11-20)29-7-6-27/h1-3,8-12,14-15,27H,4-7,13H2,(H,25,28). The van der Waals surface area contributed by atoms with Gasteiger partial charge in [0.25, 0.3) is 5.91 Å². The number of hydrogen-bond acceptors (Lipinski definition) is 4. The summed E-state index contributed by atoms with van der Waals surface area (Å²) in [6, 6.07) is 11.1. The zero-order valence-corrected chi connectivity index (χ0v) is 15.8. The van der Waals surface area contributed by atoms with E-state index in [1.54, 1.807) is 36.5 Å². The lowest BCUT2D eigenvalue weighted by atomic mass is 10.1. The van der Waals surface area contributed by atoms with Crippen LogP contribution in [0.1, 0.15) is 23.2 Å². The lowest BCUT2D eigenvalue weighted by Crippen LogP contribution is -2.12. The maximum Gasteiger partial charge on any atom is 0.255 e. The normalized spacial score (nSPS) is 13.3. The van der Waals surface area contributed by atoms with Crippen molar-refractivity contribution in [3.05, 3.63) is 66.2 Å². The number of ether oxygens (including phenoxy) is 1. The molecule has 1 fully saturated rings. The second kappa shape index (κ2) is 8.45. The molecule has 3 aromatic rings. The highest BCUT2D eigenvalue weighted by Crippen LogP contribution is 2.31. The maximum atomic E-state index is 14.2. The molecule has 0 atom stereocenters. The zero-order chi connectivity index (χ0) is 20.2. The highest BCUT2D eigenvalue weighted by atomic mass is 19.1. The van der Waals surface area contributed by atoms with Gasteiger partial charge in [0.1, 0.15) is 18.2 Å². The Balaban J connectivity index is 1.50. The molecule has 1 aliphatic carbocycles. The summed E-state index contributed by atoms with van der Waals surface area (Å²) in [7, 11) is 0. The molecule has 1 aromatic heterocycles. The third-order valence-corrected chi connectivity index (χ3v) is 4.72. The molecule has 1 aliphatic rings. The summed E-state index contributed by atoms with van der Waals surface area (Å²) < 4.78 is 21.4. The van der Waals surface area contributed by atoms with Crippen molar-refractivity contribution in [3.8, 4) is 16.9 Å². The third kappa shape index (κ3) is 5.00. The van der Waals surface area contributed by atoms with E-state index in [0.717, 1.165) is 12.1 Å². The predicted molar refractivity (Wildman–Crippen MR) is 107 cm³/mol. The Kier molecular flexibility index (Phi) is 5.57. The number of carbonyl (C=O) groups is 1. The van der Waals surface area contributed by atoms with Crippen LogP contribution in [0.15, 0.2) is 54.9 Å². The quantitative estimate of drug-likeness (QED) is 0.609. The third-order valence-electron chi connectivity index (χ3n) is 4.72. The number of halogens is 1. The minimum Gasteiger partial charge on any atom is -0.491 e. The number of benzene rings is 2. The van der Waals surface area contributed by atoms with Gasteiger partial charge in [-0.25, -0.2) is 4.39 Å². The van der Waals surface area contributed by atoms with Crippen molar-refractivity contribution in [2.45, 2.75) is 19.4 Å². The molecule has 0 aliphatic heterocycles. The van der Waals surface area contributed by atoms with E-state index in [9.17, 15) is 9.18 Å². The lowest BCUT2D eigenvalue weighted by Gasteiger charge is -2.09. The molecule has 1 saturated carbocycles. The topological polar surface area (TPSA) is 76.4 Å². The molecule has 7 heteroatoms. The summed E-state index contributed by atoms with van der Waals surface area (Å²) in [5.41, 5.74) is 2.13. The summed E-state index contributed by atoms with van der Waals surface area (Å²) >= 11 is 0. The Morgan fingerprint density at radius 2 is 2.10 bits per heavy atom. The highest BCUT2D eigenvalue weighted by molar-refractivity contribution is 6.05. The minimum atomic E-state index is -0.484. The first-order valence-corrected chi connectivity index (χ1v) is 9.59. The van der Waals surface area contributed by atoms with Crippen LogP contribution in [0, 0.1) is 11.7 Å². The molecule has 0 bridgehead atoms. The van der Waals surface area contributed by atoms with Crippen molar-refractivity contribution in [3.63, 3.8) is 0 Å². The van der Waals surface area contributed by atoms with E-state index in [2.05, 4.69) is 10.4 Å². The van der Waals surface area contributed by atoms with Gasteiger partial charge in [-0.1, -0.05) is 6.07 Å². The molecular weight excluding hydrogens is 373 g/mol. The van der Waals surface area contributed by atoms with Crippen LogP contribution in [0.5, 0.6) is 5.75 Å². The van der Waals surface area contributed by atoms with Gasteiger partial charge >= 0.3 is 0 Å². The fraction of sp³-hybridized carbons (Fsp3) is 0.273. The molecule has 1 heterocycles. The number of aliphatic hydroxyl groups is 1. The average Bonchev–Trinajstić information content (AvgIpc) is 3.40. The van der Waals surface area contributed by atoms with Crippen LogP contribution < -0.4 is 10.1 Å². The van der Waals surface area contributed by atoms with E-state index in [1.165, 1.54) is 25.0 Å². The Labute approximate surface area is 167 Å². The predicted octanol–water partition coefficient (Wildman–Crippen LogP) is 3.72. The van der Waals surface area contributed by atoms with Crippen molar-refractivity contribution >= 4 is 11.6 Å². The van der Waals surface area contributed by atoms with Crippen LogP contribution in [-0.2, 0) is 6.54 Å². The number of hydrogen-bond donors (Lipinski definition) is 2. The van der Waals surface area contributed by atoms with Crippen LogP contribution in [0.4, 0.5) is 10.1 Å². The van der Waals surface area contributed by atoms with Crippen LogP contribution in [-0.4, -0.2) is 34.0 Å². The maximum absolute atomic E-state index is 14.2. The molecule has 0 radical (unpaired) electrons. The molecule has 6 nitrogen and oxygen atoms in total. The summed E-state index contributed by atoms with van der Waals surface area (Å²) in [6.07, 6.45) is 6.04. The average molecular weight is 395 g/mol. The molecule has 4 rings (SSSR count). The van der Waals surface area contributed by atoms with Crippen molar-refractivity contribution < 1.29 is 19.0 Å². The number of aliphatic hydroxyl groups excluding tert-OH is 1. The van der Waals surface area contributed by atoms with E-state index in [-0.39, 0.29) is 18.8 Å². The van der Waals surface area contributed by atoms with E-state index < -0.39 is 11.7 Å². The molecule has 1 amide bonds. The second-order valence-corrected chi connectivity index (χ2v) is 7.18. The van der Waals surface area contributed by atoms with Crippen molar-refractivity contribution in [2.24, 2.45) is 5.92 Å². The fourth-order valence-electron chi connectivity index (χ4n) is 3.10. The van der Waals surface area contributed by atoms with Gasteiger partial charge in [-0.15, -0.1) is 0 Å². The largest absolute Gasteiger partial charge is 0.491 e. The Morgan fingerprint density at radius 3 is 2.90 bits per heavy atom. The molecule has 150 valence electrons. The van der Waals surface area contributed by atoms with Gasteiger partial charge in [0.05, 0.1) is 12.8 Å². The van der Waals surface area contributed by atoms with Crippen LogP contribution in [0.3, 0.4) is 0 Å².